The third-order valence-electron chi connectivity index (χ3n) is 0.469. The maximum Gasteiger partial charge on any atom is 0.160 e. The number of ketones is 3. The Labute approximate surface area is 97.0 Å². The molecule has 0 saturated heterocycles. The van der Waals surface area contributed by atoms with Gasteiger partial charge in [-0.1, -0.05) is 0 Å². The van der Waals surface area contributed by atoms with Crippen molar-refractivity contribution in [1.29, 1.82) is 0 Å². The summed E-state index contributed by atoms with van der Waals surface area (Å²) in [5.74, 6) is 0.148. The van der Waals surface area contributed by atoms with Gasteiger partial charge >= 0.3 is 0 Å². The Morgan fingerprint density at radius 1 is 0.800 bits per heavy atom. The van der Waals surface area contributed by atoms with Crippen molar-refractivity contribution in [1.82, 2.24) is 0 Å². The van der Waals surface area contributed by atoms with Gasteiger partial charge in [0.25, 0.3) is 0 Å². The quantitative estimate of drug-likeness (QED) is 0.647. The first-order chi connectivity index (χ1) is 6.11. The molecule has 5 nitrogen and oxygen atoms in total. The van der Waals surface area contributed by atoms with Gasteiger partial charge in [-0.05, 0) is 34.6 Å². The first-order valence-corrected chi connectivity index (χ1v) is 4.07. The van der Waals surface area contributed by atoms with Crippen molar-refractivity contribution in [3.8, 4) is 0 Å². The van der Waals surface area contributed by atoms with Gasteiger partial charge in [-0.25, -0.2) is 0 Å². The molecule has 92 valence electrons. The monoisotopic (exact) mass is 240 g/mol. The average molecular weight is 241 g/mol. The molecule has 0 aromatic heterocycles. The minimum Gasteiger partial charge on any atom is -0.310 e. The Bertz CT molecular complexity index is 174. The second-order valence-corrected chi connectivity index (χ2v) is 2.95. The van der Waals surface area contributed by atoms with E-state index < -0.39 is 6.17 Å². The number of carbonyl (C=O) groups is 3. The van der Waals surface area contributed by atoms with Gasteiger partial charge in [0.2, 0.25) is 0 Å². The van der Waals surface area contributed by atoms with E-state index in [0.717, 1.165) is 0 Å². The number of Topliss-reactive ketones (excluding diaryl/α,β-unsaturated/α-hetero) is 3. The van der Waals surface area contributed by atoms with Crippen molar-refractivity contribution in [2.75, 3.05) is 0 Å². The molecule has 0 aromatic rings. The van der Waals surface area contributed by atoms with Crippen LogP contribution in [0, 0.1) is 0 Å². The van der Waals surface area contributed by atoms with Gasteiger partial charge in [-0.15, -0.1) is 12.4 Å². The topological polar surface area (TPSA) is 103 Å². The van der Waals surface area contributed by atoms with Gasteiger partial charge in [0.15, 0.2) is 5.78 Å². The van der Waals surface area contributed by atoms with Crippen LogP contribution in [0.15, 0.2) is 0 Å². The molecule has 0 amide bonds. The fraction of sp³-hybridized carbons (Fsp3) is 0.667. The molecule has 0 aliphatic rings. The molecule has 0 aliphatic carbocycles. The number of nitrogens with two attached hydrogens (primary N) is 2. The summed E-state index contributed by atoms with van der Waals surface area (Å²) in [5.41, 5.74) is 9.73. The second-order valence-electron chi connectivity index (χ2n) is 2.95. The van der Waals surface area contributed by atoms with Crippen LogP contribution in [0.4, 0.5) is 0 Å². The van der Waals surface area contributed by atoms with Crippen LogP contribution in [0.5, 0.6) is 0 Å². The van der Waals surface area contributed by atoms with Crippen LogP contribution in [-0.2, 0) is 14.4 Å². The SMILES string of the molecule is CC(=O)C(N)N.CC(C)=O.CC(C)=O.Cl. The van der Waals surface area contributed by atoms with Gasteiger partial charge in [-0.3, -0.25) is 4.79 Å². The molecule has 0 bridgehead atoms. The predicted molar refractivity (Wildman–Crippen MR) is 62.8 cm³/mol. The lowest BCUT2D eigenvalue weighted by Crippen LogP contribution is -2.37. The van der Waals surface area contributed by atoms with Crippen molar-refractivity contribution >= 4 is 29.8 Å². The van der Waals surface area contributed by atoms with E-state index in [-0.39, 0.29) is 29.8 Å². The van der Waals surface area contributed by atoms with E-state index in [1.807, 2.05) is 0 Å². The van der Waals surface area contributed by atoms with E-state index in [9.17, 15) is 14.4 Å². The van der Waals surface area contributed by atoms with Gasteiger partial charge in [0.05, 0.1) is 0 Å². The van der Waals surface area contributed by atoms with E-state index in [0.29, 0.717) is 0 Å². The summed E-state index contributed by atoms with van der Waals surface area (Å²) in [6.45, 7) is 7.46. The van der Waals surface area contributed by atoms with Crippen molar-refractivity contribution in [3.05, 3.63) is 0 Å². The van der Waals surface area contributed by atoms with Gasteiger partial charge in [0.1, 0.15) is 17.7 Å². The van der Waals surface area contributed by atoms with E-state index >= 15 is 0 Å². The summed E-state index contributed by atoms with van der Waals surface area (Å²) in [5, 5.41) is 0. The fourth-order valence-electron chi connectivity index (χ4n) is 0. The zero-order valence-electron chi connectivity index (χ0n) is 9.87. The predicted octanol–water partition coefficient (Wildman–Crippen LogP) is 0.431. The number of hydrogen-bond donors (Lipinski definition) is 2. The van der Waals surface area contributed by atoms with Gasteiger partial charge < -0.3 is 21.1 Å². The van der Waals surface area contributed by atoms with Crippen LogP contribution in [0.3, 0.4) is 0 Å². The Kier molecular flexibility index (Phi) is 24.9. The zero-order chi connectivity index (χ0) is 12.3. The minimum absolute atomic E-state index is 0. The highest BCUT2D eigenvalue weighted by atomic mass is 35.5. The van der Waals surface area contributed by atoms with E-state index in [4.69, 9.17) is 11.5 Å². The van der Waals surface area contributed by atoms with E-state index in [2.05, 4.69) is 0 Å². The summed E-state index contributed by atoms with van der Waals surface area (Å²) in [6, 6.07) is 0. The summed E-state index contributed by atoms with van der Waals surface area (Å²) in [4.78, 5) is 28.8. The third-order valence-corrected chi connectivity index (χ3v) is 0.469. The average Bonchev–Trinajstić information content (AvgIpc) is 1.83. The second kappa shape index (κ2) is 15.7. The molecule has 15 heavy (non-hydrogen) atoms. The van der Waals surface area contributed by atoms with Crippen molar-refractivity contribution in [3.63, 3.8) is 0 Å². The summed E-state index contributed by atoms with van der Waals surface area (Å²) in [7, 11) is 0. The van der Waals surface area contributed by atoms with Crippen molar-refractivity contribution in [2.24, 2.45) is 11.5 Å². The van der Waals surface area contributed by atoms with Crippen LogP contribution in [-0.4, -0.2) is 23.5 Å². The molecule has 0 aromatic carbocycles. The maximum atomic E-state index is 9.89. The molecule has 0 atom stereocenters. The van der Waals surface area contributed by atoms with Crippen molar-refractivity contribution < 1.29 is 14.4 Å². The Balaban J connectivity index is -0.0000000606. The van der Waals surface area contributed by atoms with Crippen LogP contribution in [0.25, 0.3) is 0 Å². The van der Waals surface area contributed by atoms with Crippen LogP contribution in [0.1, 0.15) is 34.6 Å². The number of rotatable bonds is 1. The largest absolute Gasteiger partial charge is 0.310 e. The van der Waals surface area contributed by atoms with E-state index in [1.54, 1.807) is 0 Å². The molecule has 0 unspecified atom stereocenters. The minimum atomic E-state index is -0.787. The Morgan fingerprint density at radius 3 is 0.867 bits per heavy atom. The Morgan fingerprint density at radius 2 is 0.867 bits per heavy atom. The van der Waals surface area contributed by atoms with Crippen LogP contribution >= 0.6 is 12.4 Å². The first kappa shape index (κ1) is 23.8. The fourth-order valence-corrected chi connectivity index (χ4v) is 0. The molecular formula is C9H21ClN2O3. The number of carbonyl (C=O) groups excluding carboxylic acids is 3. The number of halogens is 1. The lowest BCUT2D eigenvalue weighted by Gasteiger charge is -1.92. The summed E-state index contributed by atoms with van der Waals surface area (Å²) in [6.07, 6.45) is -0.787. The molecule has 4 N–H and O–H groups in total. The van der Waals surface area contributed by atoms with Crippen LogP contribution < -0.4 is 11.5 Å². The molecule has 6 heteroatoms. The lowest BCUT2D eigenvalue weighted by molar-refractivity contribution is -0.118. The molecule has 0 aliphatic heterocycles. The zero-order valence-corrected chi connectivity index (χ0v) is 10.7. The van der Waals surface area contributed by atoms with Gasteiger partial charge in [0, 0.05) is 0 Å². The number of hydrogen-bond acceptors (Lipinski definition) is 5. The molecule has 0 fully saturated rings. The normalized spacial score (nSPS) is 7.20. The molecule has 0 rings (SSSR count). The summed E-state index contributed by atoms with van der Waals surface area (Å²) < 4.78 is 0. The molecule has 0 heterocycles. The molecule has 0 spiro atoms. The first-order valence-electron chi connectivity index (χ1n) is 4.07. The van der Waals surface area contributed by atoms with Gasteiger partial charge in [-0.2, -0.15) is 0 Å². The highest BCUT2D eigenvalue weighted by Gasteiger charge is 1.95. The molecule has 0 saturated carbocycles. The van der Waals surface area contributed by atoms with E-state index in [1.165, 1.54) is 34.6 Å². The third kappa shape index (κ3) is 161. The Hall–Kier alpha value is -0.780. The standard InChI is InChI=1S/C3H8N2O.2C3H6O.ClH/c1-2(6)3(4)5;2*1-3(2)4;/h3H,4-5H2,1H3;2*1-2H3;1H. The smallest absolute Gasteiger partial charge is 0.160 e. The van der Waals surface area contributed by atoms with Crippen molar-refractivity contribution in [2.45, 2.75) is 40.8 Å². The van der Waals surface area contributed by atoms with Crippen LogP contribution in [0.2, 0.25) is 0 Å². The highest BCUT2D eigenvalue weighted by molar-refractivity contribution is 5.85. The lowest BCUT2D eigenvalue weighted by atomic mass is 10.4. The molecule has 0 radical (unpaired) electrons. The highest BCUT2D eigenvalue weighted by Crippen LogP contribution is 1.62. The molecular weight excluding hydrogens is 220 g/mol. The summed E-state index contributed by atoms with van der Waals surface area (Å²) >= 11 is 0. The maximum absolute atomic E-state index is 9.89.